The summed E-state index contributed by atoms with van der Waals surface area (Å²) in [7, 11) is 0. The van der Waals surface area contributed by atoms with Crippen LogP contribution in [0.15, 0.2) is 0 Å². The Labute approximate surface area is 105 Å². The highest BCUT2D eigenvalue weighted by Gasteiger charge is 2.25. The molecule has 0 amide bonds. The SMILES string of the molecule is CC(CC1CCCCN1)NCC1CCCC1O. The minimum Gasteiger partial charge on any atom is -0.393 e. The van der Waals surface area contributed by atoms with Crippen molar-refractivity contribution in [2.24, 2.45) is 5.92 Å². The van der Waals surface area contributed by atoms with Gasteiger partial charge >= 0.3 is 0 Å². The molecule has 0 spiro atoms. The summed E-state index contributed by atoms with van der Waals surface area (Å²) in [6.07, 6.45) is 8.63. The van der Waals surface area contributed by atoms with Crippen molar-refractivity contribution < 1.29 is 5.11 Å². The van der Waals surface area contributed by atoms with Gasteiger partial charge in [0.05, 0.1) is 6.10 Å². The van der Waals surface area contributed by atoms with Crippen LogP contribution in [-0.4, -0.2) is 36.4 Å². The molecule has 1 aliphatic carbocycles. The quantitative estimate of drug-likeness (QED) is 0.685. The van der Waals surface area contributed by atoms with Crippen LogP contribution in [-0.2, 0) is 0 Å². The first kappa shape index (κ1) is 13.3. The number of rotatable bonds is 5. The molecule has 17 heavy (non-hydrogen) atoms. The van der Waals surface area contributed by atoms with Gasteiger partial charge < -0.3 is 15.7 Å². The largest absolute Gasteiger partial charge is 0.393 e. The summed E-state index contributed by atoms with van der Waals surface area (Å²) in [4.78, 5) is 0. The van der Waals surface area contributed by atoms with E-state index in [1.54, 1.807) is 0 Å². The molecule has 2 fully saturated rings. The molecule has 1 aliphatic heterocycles. The van der Waals surface area contributed by atoms with Crippen LogP contribution in [0.2, 0.25) is 0 Å². The van der Waals surface area contributed by atoms with Gasteiger partial charge in [0.1, 0.15) is 0 Å². The topological polar surface area (TPSA) is 44.3 Å². The van der Waals surface area contributed by atoms with Gasteiger partial charge in [0, 0.05) is 18.6 Å². The Bertz CT molecular complexity index is 216. The van der Waals surface area contributed by atoms with Gasteiger partial charge in [0.2, 0.25) is 0 Å². The van der Waals surface area contributed by atoms with Crippen LogP contribution in [0.1, 0.15) is 51.9 Å². The van der Waals surface area contributed by atoms with E-state index >= 15 is 0 Å². The fourth-order valence-corrected chi connectivity index (χ4v) is 3.24. The zero-order chi connectivity index (χ0) is 12.1. The van der Waals surface area contributed by atoms with Crippen LogP contribution in [0, 0.1) is 5.92 Å². The van der Waals surface area contributed by atoms with Crippen molar-refractivity contribution in [2.45, 2.75) is 70.1 Å². The molecule has 0 radical (unpaired) electrons. The van der Waals surface area contributed by atoms with Gasteiger partial charge in [-0.2, -0.15) is 0 Å². The van der Waals surface area contributed by atoms with Crippen LogP contribution in [0.5, 0.6) is 0 Å². The smallest absolute Gasteiger partial charge is 0.0580 e. The summed E-state index contributed by atoms with van der Waals surface area (Å²) < 4.78 is 0. The zero-order valence-corrected chi connectivity index (χ0v) is 11.1. The molecule has 1 heterocycles. The molecular weight excluding hydrogens is 212 g/mol. The van der Waals surface area contributed by atoms with Crippen molar-refractivity contribution in [3.63, 3.8) is 0 Å². The standard InChI is InChI=1S/C14H28N2O/c1-11(9-13-6-2-3-8-15-13)16-10-12-5-4-7-14(12)17/h11-17H,2-10H2,1H3. The summed E-state index contributed by atoms with van der Waals surface area (Å²) in [6.45, 7) is 4.46. The van der Waals surface area contributed by atoms with E-state index < -0.39 is 0 Å². The van der Waals surface area contributed by atoms with Crippen molar-refractivity contribution in [3.8, 4) is 0 Å². The first-order chi connectivity index (χ1) is 8.25. The zero-order valence-electron chi connectivity index (χ0n) is 11.1. The van der Waals surface area contributed by atoms with Gasteiger partial charge in [0.15, 0.2) is 0 Å². The predicted octanol–water partition coefficient (Wildman–Crippen LogP) is 1.66. The van der Waals surface area contributed by atoms with Crippen LogP contribution in [0.25, 0.3) is 0 Å². The Morgan fingerprint density at radius 3 is 2.76 bits per heavy atom. The Morgan fingerprint density at radius 1 is 1.24 bits per heavy atom. The highest BCUT2D eigenvalue weighted by molar-refractivity contribution is 4.81. The van der Waals surface area contributed by atoms with E-state index in [2.05, 4.69) is 17.6 Å². The van der Waals surface area contributed by atoms with E-state index in [0.717, 1.165) is 13.0 Å². The second-order valence-electron chi connectivity index (χ2n) is 5.95. The molecule has 1 saturated heterocycles. The highest BCUT2D eigenvalue weighted by Crippen LogP contribution is 2.24. The number of aliphatic hydroxyl groups excluding tert-OH is 1. The lowest BCUT2D eigenvalue weighted by Crippen LogP contribution is -2.41. The molecule has 2 rings (SSSR count). The minimum absolute atomic E-state index is 0.0532. The Morgan fingerprint density at radius 2 is 2.12 bits per heavy atom. The predicted molar refractivity (Wildman–Crippen MR) is 71.1 cm³/mol. The molecule has 3 heteroatoms. The lowest BCUT2D eigenvalue weighted by atomic mass is 9.98. The summed E-state index contributed by atoms with van der Waals surface area (Å²) >= 11 is 0. The molecular formula is C14H28N2O. The third-order valence-electron chi connectivity index (χ3n) is 4.40. The van der Waals surface area contributed by atoms with Gasteiger partial charge in [-0.05, 0) is 51.5 Å². The molecule has 0 aromatic rings. The summed E-state index contributed by atoms with van der Waals surface area (Å²) in [6, 6.07) is 1.28. The average molecular weight is 240 g/mol. The third-order valence-corrected chi connectivity index (χ3v) is 4.40. The van der Waals surface area contributed by atoms with E-state index in [0.29, 0.717) is 18.0 Å². The third kappa shape index (κ3) is 4.23. The maximum atomic E-state index is 9.77. The second kappa shape index (κ2) is 6.72. The number of aliphatic hydroxyl groups is 1. The average Bonchev–Trinajstić information content (AvgIpc) is 2.74. The van der Waals surface area contributed by atoms with Crippen molar-refractivity contribution >= 4 is 0 Å². The molecule has 3 nitrogen and oxygen atoms in total. The number of nitrogens with one attached hydrogen (secondary N) is 2. The van der Waals surface area contributed by atoms with Crippen LogP contribution in [0.3, 0.4) is 0 Å². The monoisotopic (exact) mass is 240 g/mol. The Hall–Kier alpha value is -0.120. The maximum Gasteiger partial charge on any atom is 0.0580 e. The van der Waals surface area contributed by atoms with Crippen molar-refractivity contribution in [1.29, 1.82) is 0 Å². The van der Waals surface area contributed by atoms with Gasteiger partial charge in [0.25, 0.3) is 0 Å². The number of hydrogen-bond donors (Lipinski definition) is 3. The molecule has 0 aromatic heterocycles. The summed E-state index contributed by atoms with van der Waals surface area (Å²) in [5.41, 5.74) is 0. The molecule has 2 aliphatic rings. The number of piperidine rings is 1. The fraction of sp³-hybridized carbons (Fsp3) is 1.00. The van der Waals surface area contributed by atoms with E-state index in [1.807, 2.05) is 0 Å². The minimum atomic E-state index is -0.0532. The molecule has 1 saturated carbocycles. The summed E-state index contributed by atoms with van der Waals surface area (Å²) in [5, 5.41) is 17.0. The van der Waals surface area contributed by atoms with E-state index in [9.17, 15) is 5.11 Å². The molecule has 4 atom stereocenters. The number of hydrogen-bond acceptors (Lipinski definition) is 3. The molecule has 3 N–H and O–H groups in total. The normalized spacial score (nSPS) is 36.0. The molecule has 100 valence electrons. The van der Waals surface area contributed by atoms with E-state index in [-0.39, 0.29) is 6.10 Å². The van der Waals surface area contributed by atoms with Gasteiger partial charge in [-0.3, -0.25) is 0 Å². The van der Waals surface area contributed by atoms with Crippen molar-refractivity contribution in [3.05, 3.63) is 0 Å². The maximum absolute atomic E-state index is 9.77. The van der Waals surface area contributed by atoms with Crippen LogP contribution in [0.4, 0.5) is 0 Å². The van der Waals surface area contributed by atoms with Crippen molar-refractivity contribution in [1.82, 2.24) is 10.6 Å². The van der Waals surface area contributed by atoms with Gasteiger partial charge in [-0.1, -0.05) is 12.8 Å². The lowest BCUT2D eigenvalue weighted by molar-refractivity contribution is 0.129. The molecule has 4 unspecified atom stereocenters. The van der Waals surface area contributed by atoms with Gasteiger partial charge in [-0.15, -0.1) is 0 Å². The van der Waals surface area contributed by atoms with Crippen LogP contribution < -0.4 is 10.6 Å². The molecule has 0 aromatic carbocycles. The highest BCUT2D eigenvalue weighted by atomic mass is 16.3. The second-order valence-corrected chi connectivity index (χ2v) is 5.95. The first-order valence-corrected chi connectivity index (χ1v) is 7.40. The van der Waals surface area contributed by atoms with E-state index in [1.165, 1.54) is 45.1 Å². The lowest BCUT2D eigenvalue weighted by Gasteiger charge is -2.27. The van der Waals surface area contributed by atoms with Crippen LogP contribution >= 0.6 is 0 Å². The van der Waals surface area contributed by atoms with Crippen molar-refractivity contribution in [2.75, 3.05) is 13.1 Å². The first-order valence-electron chi connectivity index (χ1n) is 7.40. The Kier molecular flexibility index (Phi) is 5.26. The molecule has 0 bridgehead atoms. The summed E-state index contributed by atoms with van der Waals surface area (Å²) in [5.74, 6) is 0.497. The van der Waals surface area contributed by atoms with Gasteiger partial charge in [-0.25, -0.2) is 0 Å². The van der Waals surface area contributed by atoms with E-state index in [4.69, 9.17) is 0 Å². The fourth-order valence-electron chi connectivity index (χ4n) is 3.24. The Balaban J connectivity index is 1.61.